The molecule has 7 nitrogen and oxygen atoms in total. The van der Waals surface area contributed by atoms with Crippen molar-refractivity contribution in [2.75, 3.05) is 6.54 Å². The van der Waals surface area contributed by atoms with E-state index in [0.717, 1.165) is 5.56 Å². The molecule has 0 unspecified atom stereocenters. The Labute approximate surface area is 122 Å². The van der Waals surface area contributed by atoms with Crippen LogP contribution in [0.1, 0.15) is 24.8 Å². The van der Waals surface area contributed by atoms with Crippen LogP contribution in [0, 0.1) is 0 Å². The Bertz CT molecular complexity index is 476. The summed E-state index contributed by atoms with van der Waals surface area (Å²) in [7, 11) is 0. The largest absolute Gasteiger partial charge is 0.352 e. The van der Waals surface area contributed by atoms with E-state index in [4.69, 9.17) is 5.21 Å². The molecule has 7 heteroatoms. The van der Waals surface area contributed by atoms with Crippen LogP contribution in [-0.2, 0) is 20.9 Å². The molecular weight excluding hydrogens is 274 g/mol. The van der Waals surface area contributed by atoms with Gasteiger partial charge in [-0.1, -0.05) is 30.3 Å². The highest BCUT2D eigenvalue weighted by Gasteiger charge is 2.06. The molecule has 0 fully saturated rings. The van der Waals surface area contributed by atoms with E-state index < -0.39 is 5.91 Å². The van der Waals surface area contributed by atoms with Crippen molar-refractivity contribution in [1.82, 2.24) is 16.1 Å². The first kappa shape index (κ1) is 16.6. The molecule has 0 aliphatic carbocycles. The van der Waals surface area contributed by atoms with E-state index in [0.29, 0.717) is 13.0 Å². The van der Waals surface area contributed by atoms with Crippen molar-refractivity contribution in [2.24, 2.45) is 0 Å². The van der Waals surface area contributed by atoms with Crippen LogP contribution in [0.5, 0.6) is 0 Å². The summed E-state index contributed by atoms with van der Waals surface area (Å²) in [6, 6.07) is 9.53. The van der Waals surface area contributed by atoms with Crippen LogP contribution in [0.4, 0.5) is 0 Å². The third-order valence-corrected chi connectivity index (χ3v) is 2.71. The summed E-state index contributed by atoms with van der Waals surface area (Å²) in [4.78, 5) is 33.6. The number of hydrogen-bond donors (Lipinski definition) is 4. The van der Waals surface area contributed by atoms with Gasteiger partial charge in [0.25, 0.3) is 5.91 Å². The molecule has 3 amide bonds. The van der Waals surface area contributed by atoms with Crippen molar-refractivity contribution in [1.29, 1.82) is 0 Å². The minimum atomic E-state index is -0.691. The zero-order chi connectivity index (χ0) is 15.5. The lowest BCUT2D eigenvalue weighted by Gasteiger charge is -2.06. The lowest BCUT2D eigenvalue weighted by Crippen LogP contribution is -2.35. The molecule has 0 bridgehead atoms. The zero-order valence-electron chi connectivity index (χ0n) is 11.6. The molecule has 0 saturated carbocycles. The quantitative estimate of drug-likeness (QED) is 0.402. The molecule has 0 aromatic heterocycles. The number of carbonyl (C=O) groups is 3. The van der Waals surface area contributed by atoms with Crippen molar-refractivity contribution < 1.29 is 19.6 Å². The van der Waals surface area contributed by atoms with Gasteiger partial charge in [-0.3, -0.25) is 19.6 Å². The molecule has 1 aromatic rings. The third kappa shape index (κ3) is 7.68. The van der Waals surface area contributed by atoms with Crippen LogP contribution in [0.3, 0.4) is 0 Å². The van der Waals surface area contributed by atoms with Crippen molar-refractivity contribution >= 4 is 17.7 Å². The van der Waals surface area contributed by atoms with Gasteiger partial charge < -0.3 is 10.6 Å². The van der Waals surface area contributed by atoms with E-state index in [2.05, 4.69) is 10.6 Å². The number of hydrogen-bond acceptors (Lipinski definition) is 4. The molecule has 0 spiro atoms. The molecule has 4 N–H and O–H groups in total. The molecule has 114 valence electrons. The second-order valence-corrected chi connectivity index (χ2v) is 4.43. The summed E-state index contributed by atoms with van der Waals surface area (Å²) in [6.07, 6.45) is 0.789. The predicted molar refractivity (Wildman–Crippen MR) is 75.1 cm³/mol. The standard InChI is InChI=1S/C14H19N3O4/c18-12(15-9-11-5-2-1-3-6-11)7-4-8-13(19)16-10-14(20)17-21/h1-3,5-6,21H,4,7-10H2,(H,15,18)(H,16,19)(H,17,20). The second kappa shape index (κ2) is 9.49. The van der Waals surface area contributed by atoms with E-state index in [9.17, 15) is 14.4 Å². The lowest BCUT2D eigenvalue weighted by atomic mass is 10.2. The highest BCUT2D eigenvalue weighted by Crippen LogP contribution is 1.99. The third-order valence-electron chi connectivity index (χ3n) is 2.71. The Morgan fingerprint density at radius 1 is 0.905 bits per heavy atom. The first-order chi connectivity index (χ1) is 10.1. The zero-order valence-corrected chi connectivity index (χ0v) is 11.6. The fourth-order valence-corrected chi connectivity index (χ4v) is 1.60. The Kier molecular flexibility index (Phi) is 7.52. The van der Waals surface area contributed by atoms with Gasteiger partial charge in [-0.15, -0.1) is 0 Å². The van der Waals surface area contributed by atoms with Gasteiger partial charge in [-0.2, -0.15) is 0 Å². The number of rotatable bonds is 8. The summed E-state index contributed by atoms with van der Waals surface area (Å²) in [6.45, 7) is 0.179. The van der Waals surface area contributed by atoms with Gasteiger partial charge in [0, 0.05) is 19.4 Å². The van der Waals surface area contributed by atoms with Crippen LogP contribution < -0.4 is 16.1 Å². The van der Waals surface area contributed by atoms with Crippen LogP contribution in [0.25, 0.3) is 0 Å². The fraction of sp³-hybridized carbons (Fsp3) is 0.357. The molecular formula is C14H19N3O4. The van der Waals surface area contributed by atoms with Crippen molar-refractivity contribution in [3.05, 3.63) is 35.9 Å². The fourth-order valence-electron chi connectivity index (χ4n) is 1.60. The molecule has 1 rings (SSSR count). The SMILES string of the molecule is O=C(CNC(=O)CCCC(=O)NCc1ccccc1)NO. The number of benzene rings is 1. The number of nitrogens with one attached hydrogen (secondary N) is 3. The van der Waals surface area contributed by atoms with Crippen LogP contribution in [0.2, 0.25) is 0 Å². The normalized spacial score (nSPS) is 9.76. The summed E-state index contributed by atoms with van der Waals surface area (Å²) in [5.74, 6) is -1.15. The number of hydroxylamine groups is 1. The van der Waals surface area contributed by atoms with E-state index in [1.54, 1.807) is 0 Å². The average molecular weight is 293 g/mol. The Morgan fingerprint density at radius 3 is 2.14 bits per heavy atom. The monoisotopic (exact) mass is 293 g/mol. The van der Waals surface area contributed by atoms with Gasteiger partial charge in [-0.25, -0.2) is 5.48 Å². The maximum absolute atomic E-state index is 11.6. The van der Waals surface area contributed by atoms with Gasteiger partial charge in [0.2, 0.25) is 11.8 Å². The highest BCUT2D eigenvalue weighted by atomic mass is 16.5. The average Bonchev–Trinajstić information content (AvgIpc) is 2.51. The molecule has 0 radical (unpaired) electrons. The predicted octanol–water partition coefficient (Wildman–Crippen LogP) is 0.0947. The summed E-state index contributed by atoms with van der Waals surface area (Å²) in [5.41, 5.74) is 2.42. The Morgan fingerprint density at radius 2 is 1.52 bits per heavy atom. The maximum Gasteiger partial charge on any atom is 0.262 e. The Hall–Kier alpha value is -2.41. The molecule has 0 aliphatic heterocycles. The molecule has 0 atom stereocenters. The summed E-state index contributed by atoms with van der Waals surface area (Å²) >= 11 is 0. The summed E-state index contributed by atoms with van der Waals surface area (Å²) < 4.78 is 0. The van der Waals surface area contributed by atoms with Crippen LogP contribution in [-0.4, -0.2) is 29.5 Å². The molecule has 1 aromatic carbocycles. The number of amides is 3. The van der Waals surface area contributed by atoms with E-state index in [1.165, 1.54) is 5.48 Å². The van der Waals surface area contributed by atoms with Crippen molar-refractivity contribution in [3.8, 4) is 0 Å². The Balaban J connectivity index is 2.10. The number of carbonyl (C=O) groups excluding carboxylic acids is 3. The maximum atomic E-state index is 11.6. The molecule has 0 aliphatic rings. The van der Waals surface area contributed by atoms with Gasteiger partial charge in [0.05, 0.1) is 6.54 Å². The topological polar surface area (TPSA) is 108 Å². The van der Waals surface area contributed by atoms with Crippen molar-refractivity contribution in [3.63, 3.8) is 0 Å². The smallest absolute Gasteiger partial charge is 0.262 e. The first-order valence-electron chi connectivity index (χ1n) is 6.62. The van der Waals surface area contributed by atoms with E-state index in [-0.39, 0.29) is 31.2 Å². The molecule has 0 heterocycles. The highest BCUT2D eigenvalue weighted by molar-refractivity contribution is 5.84. The molecule has 0 saturated heterocycles. The summed E-state index contributed by atoms with van der Waals surface area (Å²) in [5, 5.41) is 13.3. The van der Waals surface area contributed by atoms with Gasteiger partial charge >= 0.3 is 0 Å². The van der Waals surface area contributed by atoms with Crippen LogP contribution in [0.15, 0.2) is 30.3 Å². The van der Waals surface area contributed by atoms with Gasteiger partial charge in [0.1, 0.15) is 0 Å². The minimum absolute atomic E-state index is 0.125. The van der Waals surface area contributed by atoms with Gasteiger partial charge in [-0.05, 0) is 12.0 Å². The van der Waals surface area contributed by atoms with Crippen LogP contribution >= 0.6 is 0 Å². The van der Waals surface area contributed by atoms with E-state index in [1.807, 2.05) is 30.3 Å². The second-order valence-electron chi connectivity index (χ2n) is 4.43. The lowest BCUT2D eigenvalue weighted by molar-refractivity contribution is -0.131. The first-order valence-corrected chi connectivity index (χ1v) is 6.62. The van der Waals surface area contributed by atoms with Crippen molar-refractivity contribution in [2.45, 2.75) is 25.8 Å². The van der Waals surface area contributed by atoms with E-state index >= 15 is 0 Å². The molecule has 21 heavy (non-hydrogen) atoms. The van der Waals surface area contributed by atoms with Gasteiger partial charge in [0.15, 0.2) is 0 Å². The minimum Gasteiger partial charge on any atom is -0.352 e.